The molecule has 0 bridgehead atoms. The maximum atomic E-state index is 11.7. The van der Waals surface area contributed by atoms with Crippen molar-refractivity contribution in [3.8, 4) is 0 Å². The summed E-state index contributed by atoms with van der Waals surface area (Å²) < 4.78 is 1.66. The van der Waals surface area contributed by atoms with Crippen LogP contribution in [0.3, 0.4) is 0 Å². The van der Waals surface area contributed by atoms with Gasteiger partial charge < -0.3 is 10.4 Å². The van der Waals surface area contributed by atoms with Crippen LogP contribution < -0.4 is 5.32 Å². The van der Waals surface area contributed by atoms with Gasteiger partial charge in [0.2, 0.25) is 0 Å². The van der Waals surface area contributed by atoms with Gasteiger partial charge in [0.15, 0.2) is 0 Å². The summed E-state index contributed by atoms with van der Waals surface area (Å²) in [4.78, 5) is 11.7. The van der Waals surface area contributed by atoms with E-state index in [2.05, 4.69) is 37.2 Å². The van der Waals surface area contributed by atoms with Gasteiger partial charge in [0.1, 0.15) is 0 Å². The summed E-state index contributed by atoms with van der Waals surface area (Å²) in [5, 5.41) is 11.5. The van der Waals surface area contributed by atoms with Crippen molar-refractivity contribution in [1.82, 2.24) is 5.32 Å². The topological polar surface area (TPSA) is 49.3 Å². The molecule has 1 rings (SSSR count). The Morgan fingerprint density at radius 3 is 2.40 bits per heavy atom. The Morgan fingerprint density at radius 1 is 1.40 bits per heavy atom. The lowest BCUT2D eigenvalue weighted by atomic mass is 10.2. The van der Waals surface area contributed by atoms with Crippen molar-refractivity contribution >= 4 is 37.8 Å². The maximum absolute atomic E-state index is 11.7. The van der Waals surface area contributed by atoms with Gasteiger partial charge in [-0.15, -0.1) is 0 Å². The lowest BCUT2D eigenvalue weighted by Gasteiger charge is -2.11. The molecule has 2 N–H and O–H groups in total. The number of carbonyl (C=O) groups excluding carboxylic acids is 1. The van der Waals surface area contributed by atoms with Crippen LogP contribution in [-0.2, 0) is 0 Å². The Morgan fingerprint density at radius 2 is 1.93 bits per heavy atom. The molecule has 0 aliphatic heterocycles. The van der Waals surface area contributed by atoms with Crippen LogP contribution in [0.2, 0.25) is 0 Å². The minimum atomic E-state index is -0.241. The molecule has 0 radical (unpaired) electrons. The number of halogens is 2. The first-order valence-corrected chi connectivity index (χ1v) is 5.99. The molecule has 3 nitrogen and oxygen atoms in total. The van der Waals surface area contributed by atoms with Gasteiger partial charge in [-0.05, 0) is 25.1 Å². The normalized spacial score (nSPS) is 12.3. The molecule has 1 atom stereocenters. The molecule has 0 heterocycles. The minimum absolute atomic E-state index is 0.0685. The van der Waals surface area contributed by atoms with Crippen molar-refractivity contribution < 1.29 is 9.90 Å². The van der Waals surface area contributed by atoms with Gasteiger partial charge in [-0.2, -0.15) is 0 Å². The van der Waals surface area contributed by atoms with Crippen molar-refractivity contribution in [2.45, 2.75) is 13.0 Å². The second-order valence-electron chi connectivity index (χ2n) is 3.22. The third kappa shape index (κ3) is 3.93. The molecule has 0 spiro atoms. The number of nitrogens with one attached hydrogen (secondary N) is 1. The van der Waals surface area contributed by atoms with Crippen LogP contribution in [0.5, 0.6) is 0 Å². The van der Waals surface area contributed by atoms with Crippen molar-refractivity contribution in [2.24, 2.45) is 0 Å². The van der Waals surface area contributed by atoms with Crippen LogP contribution in [0.1, 0.15) is 17.3 Å². The zero-order chi connectivity index (χ0) is 11.4. The molecule has 82 valence electrons. The zero-order valence-corrected chi connectivity index (χ0v) is 11.3. The Bertz CT molecular complexity index is 348. The van der Waals surface area contributed by atoms with E-state index in [1.165, 1.54) is 0 Å². The van der Waals surface area contributed by atoms with Crippen LogP contribution in [0, 0.1) is 0 Å². The lowest BCUT2D eigenvalue weighted by molar-refractivity contribution is 0.0922. The van der Waals surface area contributed by atoms with Crippen LogP contribution >= 0.6 is 31.9 Å². The molecule has 0 aliphatic carbocycles. The van der Waals surface area contributed by atoms with Gasteiger partial charge in [0.05, 0.1) is 6.61 Å². The molecule has 0 aliphatic rings. The van der Waals surface area contributed by atoms with Gasteiger partial charge in [-0.1, -0.05) is 31.9 Å². The van der Waals surface area contributed by atoms with E-state index in [1.807, 2.05) is 6.07 Å². The Hall–Kier alpha value is -0.390. The van der Waals surface area contributed by atoms with Crippen LogP contribution in [0.4, 0.5) is 0 Å². The number of rotatable bonds is 3. The molecular formula is C10H11Br2NO2. The highest BCUT2D eigenvalue weighted by Gasteiger charge is 2.09. The zero-order valence-electron chi connectivity index (χ0n) is 8.13. The number of aliphatic hydroxyl groups is 1. The molecule has 0 saturated heterocycles. The summed E-state index contributed by atoms with van der Waals surface area (Å²) in [5.41, 5.74) is 0.552. The van der Waals surface area contributed by atoms with Gasteiger partial charge in [0.25, 0.3) is 5.91 Å². The molecule has 5 heteroatoms. The Labute approximate surface area is 105 Å². The second-order valence-corrected chi connectivity index (χ2v) is 5.05. The van der Waals surface area contributed by atoms with E-state index in [9.17, 15) is 4.79 Å². The summed E-state index contributed by atoms with van der Waals surface area (Å²) in [6, 6.07) is 5.07. The number of amides is 1. The lowest BCUT2D eigenvalue weighted by Crippen LogP contribution is -2.34. The highest BCUT2D eigenvalue weighted by Crippen LogP contribution is 2.20. The predicted octanol–water partition coefficient (Wildman–Crippen LogP) is 2.32. The number of hydrogen-bond donors (Lipinski definition) is 2. The molecule has 15 heavy (non-hydrogen) atoms. The molecule has 0 saturated carbocycles. The van der Waals surface area contributed by atoms with Crippen LogP contribution in [0.15, 0.2) is 27.1 Å². The number of aliphatic hydroxyl groups excluding tert-OH is 1. The van der Waals surface area contributed by atoms with E-state index in [-0.39, 0.29) is 18.6 Å². The molecular weight excluding hydrogens is 326 g/mol. The fourth-order valence-corrected chi connectivity index (χ4v) is 2.33. The molecule has 1 unspecified atom stereocenters. The van der Waals surface area contributed by atoms with Gasteiger partial charge >= 0.3 is 0 Å². The fourth-order valence-electron chi connectivity index (χ4n) is 1.04. The smallest absolute Gasteiger partial charge is 0.251 e. The van der Waals surface area contributed by atoms with E-state index >= 15 is 0 Å². The van der Waals surface area contributed by atoms with E-state index < -0.39 is 0 Å². The summed E-state index contributed by atoms with van der Waals surface area (Å²) in [5.74, 6) is -0.196. The molecule has 0 aromatic heterocycles. The van der Waals surface area contributed by atoms with Gasteiger partial charge in [-0.25, -0.2) is 0 Å². The third-order valence-corrected chi connectivity index (χ3v) is 2.69. The highest BCUT2D eigenvalue weighted by atomic mass is 79.9. The fraction of sp³-hybridized carbons (Fsp3) is 0.300. The van der Waals surface area contributed by atoms with Crippen molar-refractivity contribution in [3.63, 3.8) is 0 Å². The second kappa shape index (κ2) is 5.63. The molecule has 0 fully saturated rings. The number of carbonyl (C=O) groups is 1. The maximum Gasteiger partial charge on any atom is 0.251 e. The van der Waals surface area contributed by atoms with E-state index in [4.69, 9.17) is 5.11 Å². The van der Waals surface area contributed by atoms with Crippen molar-refractivity contribution in [1.29, 1.82) is 0 Å². The van der Waals surface area contributed by atoms with Gasteiger partial charge in [-0.3, -0.25) is 4.79 Å². The molecule has 1 aromatic carbocycles. The van der Waals surface area contributed by atoms with E-state index in [0.717, 1.165) is 8.95 Å². The summed E-state index contributed by atoms with van der Waals surface area (Å²) in [6.45, 7) is 1.67. The molecule has 1 aromatic rings. The average molecular weight is 337 g/mol. The largest absolute Gasteiger partial charge is 0.394 e. The first-order valence-electron chi connectivity index (χ1n) is 4.40. The Kier molecular flexibility index (Phi) is 4.76. The third-order valence-electron chi connectivity index (χ3n) is 1.78. The molecule has 1 amide bonds. The van der Waals surface area contributed by atoms with Crippen molar-refractivity contribution in [3.05, 3.63) is 32.7 Å². The summed E-state index contributed by atoms with van der Waals surface area (Å²) >= 11 is 6.61. The quantitative estimate of drug-likeness (QED) is 0.890. The monoisotopic (exact) mass is 335 g/mol. The standard InChI is InChI=1S/C10H11Br2NO2/c1-6(5-14)13-10(15)7-2-8(11)4-9(12)3-7/h2-4,6,14H,5H2,1H3,(H,13,15). The van der Waals surface area contributed by atoms with Gasteiger partial charge in [0, 0.05) is 20.6 Å². The first-order chi connectivity index (χ1) is 7.02. The van der Waals surface area contributed by atoms with Crippen LogP contribution in [0.25, 0.3) is 0 Å². The summed E-state index contributed by atoms with van der Waals surface area (Å²) in [7, 11) is 0. The summed E-state index contributed by atoms with van der Waals surface area (Å²) in [6.07, 6.45) is 0. The predicted molar refractivity (Wildman–Crippen MR) is 65.9 cm³/mol. The SMILES string of the molecule is CC(CO)NC(=O)c1cc(Br)cc(Br)c1. The minimum Gasteiger partial charge on any atom is -0.394 e. The Balaban J connectivity index is 2.82. The van der Waals surface area contributed by atoms with Crippen LogP contribution in [-0.4, -0.2) is 23.7 Å². The number of benzene rings is 1. The first kappa shape index (κ1) is 12.7. The van der Waals surface area contributed by atoms with Crippen molar-refractivity contribution in [2.75, 3.05) is 6.61 Å². The number of hydrogen-bond acceptors (Lipinski definition) is 2. The van der Waals surface area contributed by atoms with E-state index in [0.29, 0.717) is 5.56 Å². The average Bonchev–Trinajstić information content (AvgIpc) is 2.16. The van der Waals surface area contributed by atoms with E-state index in [1.54, 1.807) is 19.1 Å². The highest BCUT2D eigenvalue weighted by molar-refractivity contribution is 9.11.